The largest absolute Gasteiger partial charge is 0.321 e. The lowest BCUT2D eigenvalue weighted by atomic mass is 10.2. The van der Waals surface area contributed by atoms with Crippen molar-refractivity contribution in [3.63, 3.8) is 0 Å². The van der Waals surface area contributed by atoms with Crippen molar-refractivity contribution in [1.82, 2.24) is 14.1 Å². The summed E-state index contributed by atoms with van der Waals surface area (Å²) >= 11 is 0. The predicted molar refractivity (Wildman–Crippen MR) is 123 cm³/mol. The molecule has 0 atom stereocenters. The lowest BCUT2D eigenvalue weighted by Crippen LogP contribution is -2.35. The van der Waals surface area contributed by atoms with Crippen molar-refractivity contribution in [2.45, 2.75) is 43.4 Å². The number of amides is 1. The normalized spacial score (nSPS) is 16.5. The second kappa shape index (κ2) is 8.72. The number of aromatic nitrogens is 2. The van der Waals surface area contributed by atoms with Crippen LogP contribution in [0.25, 0.3) is 5.69 Å². The van der Waals surface area contributed by atoms with Crippen LogP contribution in [0.4, 0.5) is 10.1 Å². The van der Waals surface area contributed by atoms with Gasteiger partial charge in [-0.05, 0) is 74.6 Å². The fraction of sp³-hybridized carbons (Fsp3) is 0.333. The molecule has 172 valence electrons. The molecule has 0 unspecified atom stereocenters. The fourth-order valence-electron chi connectivity index (χ4n) is 4.59. The van der Waals surface area contributed by atoms with E-state index < -0.39 is 10.0 Å². The number of nitrogens with one attached hydrogen (secondary N) is 1. The Morgan fingerprint density at radius 1 is 0.970 bits per heavy atom. The van der Waals surface area contributed by atoms with Gasteiger partial charge in [-0.1, -0.05) is 12.5 Å². The lowest BCUT2D eigenvalue weighted by molar-refractivity contribution is 0.102. The number of piperidine rings is 1. The smallest absolute Gasteiger partial charge is 0.276 e. The van der Waals surface area contributed by atoms with Crippen LogP contribution in [0.3, 0.4) is 0 Å². The van der Waals surface area contributed by atoms with Crippen molar-refractivity contribution in [3.8, 4) is 5.69 Å². The zero-order valence-corrected chi connectivity index (χ0v) is 18.9. The number of benzene rings is 2. The van der Waals surface area contributed by atoms with E-state index in [2.05, 4.69) is 10.4 Å². The topological polar surface area (TPSA) is 84.3 Å². The summed E-state index contributed by atoms with van der Waals surface area (Å²) in [6.07, 6.45) is 5.20. The second-order valence-electron chi connectivity index (χ2n) is 8.46. The molecule has 1 aliphatic heterocycles. The maximum absolute atomic E-state index is 13.3. The van der Waals surface area contributed by atoms with E-state index in [1.165, 1.54) is 22.5 Å². The number of halogens is 1. The van der Waals surface area contributed by atoms with Gasteiger partial charge in [0.2, 0.25) is 10.0 Å². The van der Waals surface area contributed by atoms with Crippen molar-refractivity contribution < 1.29 is 17.6 Å². The Hall–Kier alpha value is -3.04. The summed E-state index contributed by atoms with van der Waals surface area (Å²) < 4.78 is 42.6. The molecule has 33 heavy (non-hydrogen) atoms. The standard InChI is InChI=1S/C24H25FN4O3S/c25-17-10-12-19(13-11-17)29-22-9-5-8-21(22)23(27-29)24(30)26-18-6-4-7-20(16-18)33(31,32)28-14-2-1-3-15-28/h4,6-7,10-13,16H,1-3,5,8-9,14-15H2,(H,26,30). The van der Waals surface area contributed by atoms with Crippen molar-refractivity contribution in [3.05, 3.63) is 71.3 Å². The molecular weight excluding hydrogens is 443 g/mol. The molecule has 0 saturated carbocycles. The third kappa shape index (κ3) is 4.18. The lowest BCUT2D eigenvalue weighted by Gasteiger charge is -2.26. The summed E-state index contributed by atoms with van der Waals surface area (Å²) in [4.78, 5) is 13.3. The van der Waals surface area contributed by atoms with Crippen LogP contribution < -0.4 is 5.32 Å². The minimum absolute atomic E-state index is 0.171. The van der Waals surface area contributed by atoms with Gasteiger partial charge in [0, 0.05) is 30.0 Å². The molecule has 2 aromatic carbocycles. The van der Waals surface area contributed by atoms with E-state index in [0.29, 0.717) is 30.2 Å². The van der Waals surface area contributed by atoms with Gasteiger partial charge < -0.3 is 5.32 Å². The van der Waals surface area contributed by atoms with Gasteiger partial charge in [-0.15, -0.1) is 0 Å². The molecular formula is C24H25FN4O3S. The molecule has 3 aromatic rings. The molecule has 1 saturated heterocycles. The monoisotopic (exact) mass is 468 g/mol. The number of carbonyl (C=O) groups is 1. The second-order valence-corrected chi connectivity index (χ2v) is 10.4. The Labute approximate surface area is 192 Å². The van der Waals surface area contributed by atoms with Crippen LogP contribution in [0.1, 0.15) is 47.4 Å². The number of carbonyl (C=O) groups excluding carboxylic acids is 1. The number of hydrogen-bond acceptors (Lipinski definition) is 4. The van der Waals surface area contributed by atoms with Crippen LogP contribution in [-0.2, 0) is 22.9 Å². The highest BCUT2D eigenvalue weighted by molar-refractivity contribution is 7.89. The molecule has 2 aliphatic rings. The Morgan fingerprint density at radius 3 is 2.48 bits per heavy atom. The van der Waals surface area contributed by atoms with Gasteiger partial charge in [0.15, 0.2) is 5.69 Å². The number of sulfonamides is 1. The fourth-order valence-corrected chi connectivity index (χ4v) is 6.16. The first kappa shape index (κ1) is 21.8. The van der Waals surface area contributed by atoms with E-state index >= 15 is 0 Å². The molecule has 0 radical (unpaired) electrons. The van der Waals surface area contributed by atoms with E-state index in [9.17, 15) is 17.6 Å². The average molecular weight is 469 g/mol. The molecule has 9 heteroatoms. The third-order valence-electron chi connectivity index (χ3n) is 6.26. The first-order valence-corrected chi connectivity index (χ1v) is 12.7. The molecule has 1 aromatic heterocycles. The minimum atomic E-state index is -3.60. The molecule has 1 N–H and O–H groups in total. The SMILES string of the molecule is O=C(Nc1cccc(S(=O)(=O)N2CCCCC2)c1)c1nn(-c2ccc(F)cc2)c2c1CCC2. The number of anilines is 1. The Bertz CT molecular complexity index is 1300. The van der Waals surface area contributed by atoms with E-state index in [1.807, 2.05) is 0 Å². The summed E-state index contributed by atoms with van der Waals surface area (Å²) in [7, 11) is -3.60. The molecule has 2 heterocycles. The zero-order chi connectivity index (χ0) is 23.0. The van der Waals surface area contributed by atoms with E-state index in [4.69, 9.17) is 0 Å². The molecule has 1 fully saturated rings. The number of nitrogens with zero attached hydrogens (tertiary/aromatic N) is 3. The van der Waals surface area contributed by atoms with Crippen LogP contribution in [0.2, 0.25) is 0 Å². The van der Waals surface area contributed by atoms with Gasteiger partial charge >= 0.3 is 0 Å². The van der Waals surface area contributed by atoms with Gasteiger partial charge in [0.25, 0.3) is 5.91 Å². The van der Waals surface area contributed by atoms with Crippen molar-refractivity contribution in [2.75, 3.05) is 18.4 Å². The molecule has 7 nitrogen and oxygen atoms in total. The quantitative estimate of drug-likeness (QED) is 0.615. The number of fused-ring (bicyclic) bond motifs is 1. The van der Waals surface area contributed by atoms with Crippen LogP contribution >= 0.6 is 0 Å². The molecule has 0 bridgehead atoms. The number of rotatable bonds is 5. The van der Waals surface area contributed by atoms with Gasteiger partial charge in [-0.3, -0.25) is 4.79 Å². The molecule has 5 rings (SSSR count). The van der Waals surface area contributed by atoms with E-state index in [0.717, 1.165) is 49.8 Å². The van der Waals surface area contributed by atoms with Crippen molar-refractivity contribution in [1.29, 1.82) is 0 Å². The maximum Gasteiger partial charge on any atom is 0.276 e. The van der Waals surface area contributed by atoms with Crippen molar-refractivity contribution in [2.24, 2.45) is 0 Å². The molecule has 0 spiro atoms. The maximum atomic E-state index is 13.3. The van der Waals surface area contributed by atoms with E-state index in [1.54, 1.807) is 35.0 Å². The summed E-state index contributed by atoms with van der Waals surface area (Å²) in [5, 5.41) is 7.35. The number of hydrogen-bond donors (Lipinski definition) is 1. The highest BCUT2D eigenvalue weighted by Gasteiger charge is 2.28. The summed E-state index contributed by atoms with van der Waals surface area (Å²) in [5.41, 5.74) is 3.25. The van der Waals surface area contributed by atoms with Gasteiger partial charge in [0.05, 0.1) is 10.6 Å². The summed E-state index contributed by atoms with van der Waals surface area (Å²) in [6.45, 7) is 1.04. The third-order valence-corrected chi connectivity index (χ3v) is 8.16. The summed E-state index contributed by atoms with van der Waals surface area (Å²) in [5.74, 6) is -0.721. The zero-order valence-electron chi connectivity index (χ0n) is 18.1. The Balaban J connectivity index is 1.41. The van der Waals surface area contributed by atoms with Crippen LogP contribution in [-0.4, -0.2) is 41.5 Å². The van der Waals surface area contributed by atoms with E-state index in [-0.39, 0.29) is 16.6 Å². The Morgan fingerprint density at radius 2 is 1.73 bits per heavy atom. The van der Waals surface area contributed by atoms with Gasteiger partial charge in [0.1, 0.15) is 5.82 Å². The first-order valence-electron chi connectivity index (χ1n) is 11.2. The highest BCUT2D eigenvalue weighted by atomic mass is 32.2. The highest BCUT2D eigenvalue weighted by Crippen LogP contribution is 2.29. The summed E-state index contributed by atoms with van der Waals surface area (Å²) in [6, 6.07) is 12.4. The molecule has 1 aliphatic carbocycles. The van der Waals surface area contributed by atoms with Gasteiger partial charge in [-0.25, -0.2) is 17.5 Å². The molecule has 1 amide bonds. The van der Waals surface area contributed by atoms with Crippen molar-refractivity contribution >= 4 is 21.6 Å². The van der Waals surface area contributed by atoms with Gasteiger partial charge in [-0.2, -0.15) is 9.40 Å². The first-order chi connectivity index (χ1) is 15.9. The minimum Gasteiger partial charge on any atom is -0.321 e. The predicted octanol–water partition coefficient (Wildman–Crippen LogP) is 3.93. The Kier molecular flexibility index (Phi) is 5.76. The van der Waals surface area contributed by atoms with Crippen LogP contribution in [0.15, 0.2) is 53.4 Å². The van der Waals surface area contributed by atoms with Crippen LogP contribution in [0.5, 0.6) is 0 Å². The average Bonchev–Trinajstić information content (AvgIpc) is 3.43. The van der Waals surface area contributed by atoms with Crippen LogP contribution in [0, 0.1) is 5.82 Å².